The normalized spacial score (nSPS) is 10.7. The Morgan fingerprint density at radius 3 is 2.56 bits per heavy atom. The average molecular weight is 402 g/mol. The number of aromatic nitrogens is 2. The van der Waals surface area contributed by atoms with E-state index in [1.54, 1.807) is 44.3 Å². The lowest BCUT2D eigenvalue weighted by Gasteiger charge is -2.18. The van der Waals surface area contributed by atoms with E-state index in [0.717, 1.165) is 5.56 Å². The van der Waals surface area contributed by atoms with Gasteiger partial charge in [0.15, 0.2) is 5.69 Å². The molecule has 3 rings (SSSR count). The van der Waals surface area contributed by atoms with E-state index in [9.17, 15) is 9.59 Å². The van der Waals surface area contributed by atoms with E-state index in [-0.39, 0.29) is 5.69 Å². The summed E-state index contributed by atoms with van der Waals surface area (Å²) in [6.07, 6.45) is 0. The van der Waals surface area contributed by atoms with Crippen LogP contribution in [0.25, 0.3) is 5.69 Å². The number of hydrogen-bond donors (Lipinski definition) is 0. The second kappa shape index (κ2) is 7.94. The highest BCUT2D eigenvalue weighted by Crippen LogP contribution is 2.20. The zero-order valence-electron chi connectivity index (χ0n) is 14.8. The molecule has 0 spiro atoms. The van der Waals surface area contributed by atoms with Gasteiger partial charge in [0.2, 0.25) is 5.43 Å². The van der Waals surface area contributed by atoms with Crippen molar-refractivity contribution >= 4 is 29.1 Å². The molecule has 138 valence electrons. The first kappa shape index (κ1) is 19.1. The van der Waals surface area contributed by atoms with Crippen LogP contribution in [0.2, 0.25) is 10.0 Å². The topological polar surface area (TPSA) is 55.2 Å². The largest absolute Gasteiger partial charge is 0.336 e. The van der Waals surface area contributed by atoms with Crippen LogP contribution in [-0.4, -0.2) is 27.6 Å². The number of halogens is 2. The van der Waals surface area contributed by atoms with Gasteiger partial charge < -0.3 is 4.90 Å². The summed E-state index contributed by atoms with van der Waals surface area (Å²) in [6.45, 7) is 2.04. The number of benzene rings is 2. The van der Waals surface area contributed by atoms with E-state index < -0.39 is 11.3 Å². The maximum absolute atomic E-state index is 12.8. The highest BCUT2D eigenvalue weighted by molar-refractivity contribution is 6.32. The minimum Gasteiger partial charge on any atom is -0.336 e. The van der Waals surface area contributed by atoms with Gasteiger partial charge in [0.25, 0.3) is 5.91 Å². The third kappa shape index (κ3) is 4.21. The van der Waals surface area contributed by atoms with Gasteiger partial charge in [-0.15, -0.1) is 0 Å². The van der Waals surface area contributed by atoms with Crippen molar-refractivity contribution in [2.75, 3.05) is 7.05 Å². The van der Waals surface area contributed by atoms with Crippen molar-refractivity contribution < 1.29 is 4.79 Å². The molecule has 0 N–H and O–H groups in total. The molecule has 3 aromatic rings. The summed E-state index contributed by atoms with van der Waals surface area (Å²) < 4.78 is 1.50. The van der Waals surface area contributed by atoms with Crippen LogP contribution in [0.1, 0.15) is 21.7 Å². The Labute approximate surface area is 166 Å². The molecule has 0 unspecified atom stereocenters. The smallest absolute Gasteiger partial charge is 0.278 e. The second-order valence-corrected chi connectivity index (χ2v) is 7.00. The number of para-hydroxylation sites is 1. The Bertz CT molecular complexity index is 1060. The Morgan fingerprint density at radius 2 is 1.85 bits per heavy atom. The van der Waals surface area contributed by atoms with Crippen LogP contribution in [-0.2, 0) is 6.54 Å². The number of hydrogen-bond acceptors (Lipinski definition) is 3. The van der Waals surface area contributed by atoms with E-state index in [4.69, 9.17) is 23.2 Å². The summed E-state index contributed by atoms with van der Waals surface area (Å²) in [7, 11) is 1.62. The first-order valence-electron chi connectivity index (χ1n) is 8.22. The van der Waals surface area contributed by atoms with Crippen LogP contribution in [0.15, 0.2) is 59.4 Å². The average Bonchev–Trinajstić information content (AvgIpc) is 2.62. The molecule has 5 nitrogen and oxygen atoms in total. The van der Waals surface area contributed by atoms with Crippen molar-refractivity contribution in [2.45, 2.75) is 13.5 Å². The lowest BCUT2D eigenvalue weighted by Crippen LogP contribution is -2.33. The fourth-order valence-corrected chi connectivity index (χ4v) is 3.15. The van der Waals surface area contributed by atoms with Gasteiger partial charge in [-0.05, 0) is 36.8 Å². The minimum atomic E-state index is -0.472. The number of rotatable bonds is 4. The highest BCUT2D eigenvalue weighted by atomic mass is 35.5. The molecular formula is C20H17Cl2N3O2. The lowest BCUT2D eigenvalue weighted by molar-refractivity contribution is 0.0776. The molecule has 7 heteroatoms. The van der Waals surface area contributed by atoms with Crippen LogP contribution >= 0.6 is 23.2 Å². The zero-order chi connectivity index (χ0) is 19.6. The van der Waals surface area contributed by atoms with Gasteiger partial charge in [-0.25, -0.2) is 4.68 Å². The monoisotopic (exact) mass is 401 g/mol. The Morgan fingerprint density at radius 1 is 1.11 bits per heavy atom. The van der Waals surface area contributed by atoms with Crippen LogP contribution in [0.4, 0.5) is 0 Å². The minimum absolute atomic E-state index is 0.162. The summed E-state index contributed by atoms with van der Waals surface area (Å²) in [4.78, 5) is 26.6. The van der Waals surface area contributed by atoms with Crippen LogP contribution in [0, 0.1) is 6.92 Å². The number of aryl methyl sites for hydroxylation is 1. The fourth-order valence-electron chi connectivity index (χ4n) is 2.72. The number of nitrogens with zero attached hydrogens (tertiary/aromatic N) is 3. The SMILES string of the molecule is Cc1cc(=O)c(C(=O)N(C)Cc2cccc(Cl)c2)nn1-c1ccccc1Cl. The molecule has 0 aliphatic heterocycles. The first-order chi connectivity index (χ1) is 12.9. The van der Waals surface area contributed by atoms with Crippen LogP contribution in [0.5, 0.6) is 0 Å². The number of amides is 1. The molecule has 1 amide bonds. The van der Waals surface area contributed by atoms with Crippen LogP contribution < -0.4 is 5.43 Å². The van der Waals surface area contributed by atoms with E-state index in [1.807, 2.05) is 18.2 Å². The third-order valence-electron chi connectivity index (χ3n) is 4.05. The molecule has 0 aliphatic rings. The van der Waals surface area contributed by atoms with E-state index in [1.165, 1.54) is 15.6 Å². The van der Waals surface area contributed by atoms with E-state index >= 15 is 0 Å². The molecule has 0 saturated carbocycles. The molecule has 0 bridgehead atoms. The lowest BCUT2D eigenvalue weighted by atomic mass is 10.2. The van der Waals surface area contributed by atoms with Gasteiger partial charge in [0.1, 0.15) is 0 Å². The molecule has 0 aliphatic carbocycles. The molecule has 0 fully saturated rings. The summed E-state index contributed by atoms with van der Waals surface area (Å²) >= 11 is 12.2. The standard InChI is InChI=1S/C20H17Cl2N3O2/c1-13-10-18(26)19(23-25(13)17-9-4-3-8-16(17)22)20(27)24(2)12-14-6-5-7-15(21)11-14/h3-11H,12H2,1-2H3. The summed E-state index contributed by atoms with van der Waals surface area (Å²) in [5, 5.41) is 5.35. The van der Waals surface area contributed by atoms with Crippen molar-refractivity contribution in [3.8, 4) is 5.69 Å². The van der Waals surface area contributed by atoms with Crippen molar-refractivity contribution in [2.24, 2.45) is 0 Å². The highest BCUT2D eigenvalue weighted by Gasteiger charge is 2.20. The summed E-state index contributed by atoms with van der Waals surface area (Å²) in [5.74, 6) is -0.472. The molecule has 0 radical (unpaired) electrons. The van der Waals surface area contributed by atoms with Gasteiger partial charge in [-0.3, -0.25) is 9.59 Å². The van der Waals surface area contributed by atoms with Crippen molar-refractivity contribution in [3.05, 3.63) is 91.8 Å². The second-order valence-electron chi connectivity index (χ2n) is 6.15. The van der Waals surface area contributed by atoms with Crippen LogP contribution in [0.3, 0.4) is 0 Å². The van der Waals surface area contributed by atoms with Crippen molar-refractivity contribution in [1.82, 2.24) is 14.7 Å². The first-order valence-corrected chi connectivity index (χ1v) is 8.98. The number of carbonyl (C=O) groups is 1. The Kier molecular flexibility index (Phi) is 5.63. The summed E-state index contributed by atoms with van der Waals surface area (Å²) in [6, 6.07) is 15.7. The third-order valence-corrected chi connectivity index (χ3v) is 4.60. The predicted molar refractivity (Wildman–Crippen MR) is 107 cm³/mol. The summed E-state index contributed by atoms with van der Waals surface area (Å²) in [5.41, 5.74) is 1.45. The molecule has 0 saturated heterocycles. The predicted octanol–water partition coefficient (Wildman–Crippen LogP) is 4.12. The Hall–Kier alpha value is -2.63. The van der Waals surface area contributed by atoms with Crippen molar-refractivity contribution in [3.63, 3.8) is 0 Å². The van der Waals surface area contributed by atoms with Crippen molar-refractivity contribution in [1.29, 1.82) is 0 Å². The van der Waals surface area contributed by atoms with Gasteiger partial charge in [-0.2, -0.15) is 5.10 Å². The fraction of sp³-hybridized carbons (Fsp3) is 0.150. The number of carbonyl (C=O) groups excluding carboxylic acids is 1. The van der Waals surface area contributed by atoms with E-state index in [2.05, 4.69) is 5.10 Å². The molecule has 27 heavy (non-hydrogen) atoms. The van der Waals surface area contributed by atoms with Gasteiger partial charge in [0, 0.05) is 30.4 Å². The quantitative estimate of drug-likeness (QED) is 0.660. The van der Waals surface area contributed by atoms with Gasteiger partial charge in [-0.1, -0.05) is 47.5 Å². The van der Waals surface area contributed by atoms with Gasteiger partial charge >= 0.3 is 0 Å². The van der Waals surface area contributed by atoms with Gasteiger partial charge in [0.05, 0.1) is 10.7 Å². The molecule has 1 aromatic heterocycles. The maximum Gasteiger partial charge on any atom is 0.278 e. The molecular weight excluding hydrogens is 385 g/mol. The zero-order valence-corrected chi connectivity index (χ0v) is 16.3. The van der Waals surface area contributed by atoms with E-state index in [0.29, 0.717) is 28.0 Å². The Balaban J connectivity index is 1.96. The maximum atomic E-state index is 12.8. The molecule has 2 aromatic carbocycles. The molecule has 0 atom stereocenters. The molecule has 1 heterocycles.